The van der Waals surface area contributed by atoms with Gasteiger partial charge in [0.1, 0.15) is 12.4 Å². The summed E-state index contributed by atoms with van der Waals surface area (Å²) in [5, 5.41) is 4.23. The molecule has 1 aromatic heterocycles. The molecule has 2 nitrogen and oxygen atoms in total. The average molecular weight is 324 g/mol. The summed E-state index contributed by atoms with van der Waals surface area (Å²) < 4.78 is 5.82. The van der Waals surface area contributed by atoms with Crippen LogP contribution in [0, 0.1) is 12.8 Å². The van der Waals surface area contributed by atoms with Crippen molar-refractivity contribution in [2.24, 2.45) is 5.92 Å². The van der Waals surface area contributed by atoms with Crippen LogP contribution in [0.4, 0.5) is 0 Å². The molecule has 1 N–H and O–H groups in total. The van der Waals surface area contributed by atoms with E-state index in [2.05, 4.69) is 31.3 Å². The van der Waals surface area contributed by atoms with Crippen molar-refractivity contribution in [2.45, 2.75) is 33.9 Å². The Kier molecular flexibility index (Phi) is 6.09. The van der Waals surface area contributed by atoms with Gasteiger partial charge in [-0.1, -0.05) is 25.4 Å². The van der Waals surface area contributed by atoms with Crippen molar-refractivity contribution in [3.05, 3.63) is 50.7 Å². The summed E-state index contributed by atoms with van der Waals surface area (Å²) in [4.78, 5) is 2.59. The van der Waals surface area contributed by atoms with Crippen molar-refractivity contribution in [3.63, 3.8) is 0 Å². The second kappa shape index (κ2) is 7.83. The highest BCUT2D eigenvalue weighted by atomic mass is 35.5. The number of halogens is 1. The van der Waals surface area contributed by atoms with Crippen LogP contribution in [-0.2, 0) is 13.2 Å². The Labute approximate surface area is 136 Å². The summed E-state index contributed by atoms with van der Waals surface area (Å²) in [6.07, 6.45) is 0. The van der Waals surface area contributed by atoms with Crippen molar-refractivity contribution >= 4 is 22.9 Å². The zero-order valence-electron chi connectivity index (χ0n) is 12.8. The van der Waals surface area contributed by atoms with E-state index in [9.17, 15) is 0 Å². The van der Waals surface area contributed by atoms with Gasteiger partial charge in [-0.15, -0.1) is 11.3 Å². The first kappa shape index (κ1) is 16.3. The van der Waals surface area contributed by atoms with Crippen LogP contribution in [0.1, 0.15) is 29.2 Å². The number of rotatable bonds is 7. The molecule has 2 aromatic rings. The first-order valence-electron chi connectivity index (χ1n) is 7.22. The first-order chi connectivity index (χ1) is 10.0. The Morgan fingerprint density at radius 3 is 2.67 bits per heavy atom. The molecule has 0 amide bonds. The maximum Gasteiger partial charge on any atom is 0.122 e. The minimum atomic E-state index is 0.607. The number of hydrogen-bond donors (Lipinski definition) is 1. The number of nitrogens with one attached hydrogen (secondary N) is 1. The Morgan fingerprint density at radius 2 is 1.95 bits per heavy atom. The van der Waals surface area contributed by atoms with Crippen LogP contribution in [0.15, 0.2) is 30.3 Å². The Bertz CT molecular complexity index is 580. The Morgan fingerprint density at radius 1 is 1.19 bits per heavy atom. The monoisotopic (exact) mass is 323 g/mol. The summed E-state index contributed by atoms with van der Waals surface area (Å²) in [6, 6.07) is 10.1. The molecule has 1 aromatic carbocycles. The molecule has 2 rings (SSSR count). The lowest BCUT2D eigenvalue weighted by Gasteiger charge is -2.07. The van der Waals surface area contributed by atoms with Gasteiger partial charge in [-0.3, -0.25) is 0 Å². The summed E-state index contributed by atoms with van der Waals surface area (Å²) in [5.41, 5.74) is 1.04. The third kappa shape index (κ3) is 5.34. The van der Waals surface area contributed by atoms with Crippen LogP contribution in [0.3, 0.4) is 0 Å². The third-order valence-corrected chi connectivity index (χ3v) is 4.56. The van der Waals surface area contributed by atoms with E-state index in [0.29, 0.717) is 12.5 Å². The summed E-state index contributed by atoms with van der Waals surface area (Å²) in [7, 11) is 0. The number of hydrogen-bond acceptors (Lipinski definition) is 3. The summed E-state index contributed by atoms with van der Waals surface area (Å²) in [5.74, 6) is 1.55. The summed E-state index contributed by atoms with van der Waals surface area (Å²) >= 11 is 7.81. The quantitative estimate of drug-likeness (QED) is 0.771. The lowest BCUT2D eigenvalue weighted by molar-refractivity contribution is 0.309. The Hall–Kier alpha value is -1.03. The van der Waals surface area contributed by atoms with E-state index in [4.69, 9.17) is 16.3 Å². The van der Waals surface area contributed by atoms with Gasteiger partial charge in [0.05, 0.1) is 0 Å². The van der Waals surface area contributed by atoms with Crippen molar-refractivity contribution in [1.82, 2.24) is 5.32 Å². The molecule has 0 aliphatic carbocycles. The minimum absolute atomic E-state index is 0.607. The fourth-order valence-electron chi connectivity index (χ4n) is 1.94. The highest BCUT2D eigenvalue weighted by Crippen LogP contribution is 2.23. The fraction of sp³-hybridized carbons (Fsp3) is 0.412. The third-order valence-electron chi connectivity index (χ3n) is 3.08. The highest BCUT2D eigenvalue weighted by molar-refractivity contribution is 7.11. The molecule has 114 valence electrons. The molecule has 0 fully saturated rings. The number of aryl methyl sites for hydroxylation is 1. The second-order valence-electron chi connectivity index (χ2n) is 5.59. The standard InChI is InChI=1S/C17H22ClNOS/c1-12(2)9-19-10-15-5-6-16(21-15)11-20-14-4-7-17(18)13(3)8-14/h4-8,12,19H,9-11H2,1-3H3. The van der Waals surface area contributed by atoms with E-state index in [1.807, 2.05) is 25.1 Å². The van der Waals surface area contributed by atoms with Crippen molar-refractivity contribution in [2.75, 3.05) is 6.54 Å². The van der Waals surface area contributed by atoms with Crippen molar-refractivity contribution < 1.29 is 4.74 Å². The van der Waals surface area contributed by atoms with Gasteiger partial charge in [0, 0.05) is 21.3 Å². The predicted octanol–water partition coefficient (Wildman–Crippen LogP) is 5.03. The van der Waals surface area contributed by atoms with E-state index >= 15 is 0 Å². The lowest BCUT2D eigenvalue weighted by atomic mass is 10.2. The molecule has 0 bridgehead atoms. The average Bonchev–Trinajstić information content (AvgIpc) is 2.88. The molecule has 4 heteroatoms. The van der Waals surface area contributed by atoms with Gasteiger partial charge in [0.25, 0.3) is 0 Å². The zero-order chi connectivity index (χ0) is 15.2. The van der Waals surface area contributed by atoms with E-state index < -0.39 is 0 Å². The molecule has 0 radical (unpaired) electrons. The van der Waals surface area contributed by atoms with Crippen LogP contribution in [0.5, 0.6) is 5.75 Å². The van der Waals surface area contributed by atoms with Crippen LogP contribution < -0.4 is 10.1 Å². The minimum Gasteiger partial charge on any atom is -0.488 e. The fourth-order valence-corrected chi connectivity index (χ4v) is 2.96. The lowest BCUT2D eigenvalue weighted by Crippen LogP contribution is -2.18. The van der Waals surface area contributed by atoms with Gasteiger partial charge in [0.2, 0.25) is 0 Å². The molecule has 0 saturated heterocycles. The van der Waals surface area contributed by atoms with E-state index in [-0.39, 0.29) is 0 Å². The molecular formula is C17H22ClNOS. The molecule has 1 heterocycles. The molecule has 21 heavy (non-hydrogen) atoms. The van der Waals surface area contributed by atoms with Crippen LogP contribution >= 0.6 is 22.9 Å². The smallest absolute Gasteiger partial charge is 0.122 e. The molecule has 0 unspecified atom stereocenters. The van der Waals surface area contributed by atoms with Gasteiger partial charge in [0.15, 0.2) is 0 Å². The van der Waals surface area contributed by atoms with Crippen molar-refractivity contribution in [3.8, 4) is 5.75 Å². The van der Waals surface area contributed by atoms with Crippen LogP contribution in [0.2, 0.25) is 5.02 Å². The maximum atomic E-state index is 6.01. The topological polar surface area (TPSA) is 21.3 Å². The largest absolute Gasteiger partial charge is 0.488 e. The molecule has 0 aliphatic heterocycles. The van der Waals surface area contributed by atoms with E-state index in [1.54, 1.807) is 11.3 Å². The summed E-state index contributed by atoms with van der Waals surface area (Å²) in [6.45, 7) is 9.01. The van der Waals surface area contributed by atoms with Gasteiger partial charge in [-0.2, -0.15) is 0 Å². The Balaban J connectivity index is 1.83. The van der Waals surface area contributed by atoms with Crippen molar-refractivity contribution in [1.29, 1.82) is 0 Å². The molecular weight excluding hydrogens is 302 g/mol. The second-order valence-corrected chi connectivity index (χ2v) is 7.25. The molecule has 0 saturated carbocycles. The molecule has 0 aliphatic rings. The van der Waals surface area contributed by atoms with Gasteiger partial charge in [-0.05, 0) is 55.3 Å². The zero-order valence-corrected chi connectivity index (χ0v) is 14.4. The normalized spacial score (nSPS) is 11.1. The molecule has 0 spiro atoms. The SMILES string of the molecule is Cc1cc(OCc2ccc(CNCC(C)C)s2)ccc1Cl. The van der Waals surface area contributed by atoms with Gasteiger partial charge in [-0.25, -0.2) is 0 Å². The number of ether oxygens (including phenoxy) is 1. The predicted molar refractivity (Wildman–Crippen MR) is 91.4 cm³/mol. The number of thiophene rings is 1. The van der Waals surface area contributed by atoms with Gasteiger partial charge < -0.3 is 10.1 Å². The van der Waals surface area contributed by atoms with Crippen LogP contribution in [0.25, 0.3) is 0 Å². The highest BCUT2D eigenvalue weighted by Gasteiger charge is 2.03. The maximum absolute atomic E-state index is 6.01. The molecule has 0 atom stereocenters. The van der Waals surface area contributed by atoms with Crippen LogP contribution in [-0.4, -0.2) is 6.54 Å². The van der Waals surface area contributed by atoms with E-state index in [1.165, 1.54) is 9.75 Å². The van der Waals surface area contributed by atoms with Gasteiger partial charge >= 0.3 is 0 Å². The number of benzene rings is 1. The van der Waals surface area contributed by atoms with E-state index in [0.717, 1.165) is 29.4 Å². The first-order valence-corrected chi connectivity index (χ1v) is 8.41.